The molecule has 0 aliphatic carbocycles. The summed E-state index contributed by atoms with van der Waals surface area (Å²) in [6, 6.07) is 31.9. The molecule has 0 N–H and O–H groups in total. The third-order valence-corrected chi connectivity index (χ3v) is 8.38. The number of benzene rings is 3. The number of nitrogens with zero attached hydrogens (tertiary/aromatic N) is 3. The first-order chi connectivity index (χ1) is 16.8. The van der Waals surface area contributed by atoms with Crippen molar-refractivity contribution in [3.63, 3.8) is 0 Å². The number of fused-ring (bicyclic) bond motifs is 2. The Morgan fingerprint density at radius 1 is 0.765 bits per heavy atom. The van der Waals surface area contributed by atoms with Gasteiger partial charge in [0, 0.05) is 47.4 Å². The number of likely N-dealkylation sites (tertiary alicyclic amines) is 1. The van der Waals surface area contributed by atoms with E-state index >= 15 is 0 Å². The number of piperidine rings is 1. The molecule has 34 heavy (non-hydrogen) atoms. The molecule has 0 amide bonds. The highest BCUT2D eigenvalue weighted by Crippen LogP contribution is 2.51. The minimum absolute atomic E-state index is 0.460. The van der Waals surface area contributed by atoms with Gasteiger partial charge < -0.3 is 4.90 Å². The van der Waals surface area contributed by atoms with E-state index in [0.29, 0.717) is 12.1 Å². The molecule has 0 radical (unpaired) electrons. The molecule has 0 saturated carbocycles. The van der Waals surface area contributed by atoms with Crippen molar-refractivity contribution in [2.75, 3.05) is 18.0 Å². The molecule has 3 aromatic carbocycles. The topological polar surface area (TPSA) is 19.4 Å². The van der Waals surface area contributed by atoms with Crippen molar-refractivity contribution in [2.45, 2.75) is 41.6 Å². The zero-order valence-corrected chi connectivity index (χ0v) is 20.3. The number of para-hydroxylation sites is 1. The van der Waals surface area contributed by atoms with Crippen molar-refractivity contribution in [1.82, 2.24) is 9.88 Å². The predicted molar refractivity (Wildman–Crippen MR) is 142 cm³/mol. The molecule has 2 aliphatic rings. The van der Waals surface area contributed by atoms with Gasteiger partial charge in [-0.05, 0) is 72.9 Å². The highest BCUT2D eigenvalue weighted by molar-refractivity contribution is 7.99. The summed E-state index contributed by atoms with van der Waals surface area (Å²) in [5.74, 6) is 0. The third kappa shape index (κ3) is 4.02. The second kappa shape index (κ2) is 9.28. The second-order valence-electron chi connectivity index (χ2n) is 9.21. The van der Waals surface area contributed by atoms with Crippen LogP contribution in [-0.2, 0) is 0 Å². The first-order valence-electron chi connectivity index (χ1n) is 12.2. The largest absolute Gasteiger partial charge is 0.336 e. The van der Waals surface area contributed by atoms with E-state index in [-0.39, 0.29) is 0 Å². The van der Waals surface area contributed by atoms with Crippen LogP contribution in [0.4, 0.5) is 11.4 Å². The Hall–Kier alpha value is -3.08. The van der Waals surface area contributed by atoms with Gasteiger partial charge in [0.05, 0.1) is 11.4 Å². The molecule has 170 valence electrons. The van der Waals surface area contributed by atoms with Crippen molar-refractivity contribution < 1.29 is 0 Å². The number of hydrogen-bond donors (Lipinski definition) is 0. The Morgan fingerprint density at radius 3 is 2.26 bits per heavy atom. The summed E-state index contributed by atoms with van der Waals surface area (Å²) < 4.78 is 0. The third-order valence-electron chi connectivity index (χ3n) is 7.27. The van der Waals surface area contributed by atoms with Crippen LogP contribution in [-0.4, -0.2) is 29.0 Å². The Labute approximate surface area is 206 Å². The lowest BCUT2D eigenvalue weighted by atomic mass is 9.97. The van der Waals surface area contributed by atoms with Crippen LogP contribution in [0.3, 0.4) is 0 Å². The molecule has 4 aromatic rings. The molecule has 2 aliphatic heterocycles. The summed E-state index contributed by atoms with van der Waals surface area (Å²) in [6.07, 6.45) is 6.07. The highest BCUT2D eigenvalue weighted by atomic mass is 32.2. The number of rotatable bonds is 4. The lowest BCUT2D eigenvalue weighted by Gasteiger charge is -2.44. The summed E-state index contributed by atoms with van der Waals surface area (Å²) >= 11 is 1.89. The van der Waals surface area contributed by atoms with Crippen molar-refractivity contribution in [3.05, 3.63) is 103 Å². The molecule has 3 nitrogen and oxygen atoms in total. The lowest BCUT2D eigenvalue weighted by molar-refractivity contribution is 0.163. The van der Waals surface area contributed by atoms with Crippen LogP contribution in [0.2, 0.25) is 0 Å². The van der Waals surface area contributed by atoms with E-state index in [0.717, 1.165) is 13.1 Å². The van der Waals surface area contributed by atoms with Crippen LogP contribution >= 0.6 is 11.8 Å². The average molecular weight is 464 g/mol. The molecule has 6 rings (SSSR count). The van der Waals surface area contributed by atoms with Gasteiger partial charge in [0.15, 0.2) is 0 Å². The molecule has 0 spiro atoms. The van der Waals surface area contributed by atoms with Crippen molar-refractivity contribution in [2.24, 2.45) is 0 Å². The first kappa shape index (κ1) is 21.5. The monoisotopic (exact) mass is 463 g/mol. The maximum Gasteiger partial charge on any atom is 0.0555 e. The summed E-state index contributed by atoms with van der Waals surface area (Å²) in [4.78, 5) is 12.1. The van der Waals surface area contributed by atoms with E-state index in [1.54, 1.807) is 0 Å². The summed E-state index contributed by atoms with van der Waals surface area (Å²) in [5, 5.41) is 0. The van der Waals surface area contributed by atoms with Crippen LogP contribution in [0.1, 0.15) is 31.4 Å². The van der Waals surface area contributed by atoms with Crippen LogP contribution in [0.25, 0.3) is 11.1 Å². The summed E-state index contributed by atoms with van der Waals surface area (Å²) in [6.45, 7) is 4.59. The SMILES string of the molecule is CC(c1ccccc1)N1CCC(N2c3ccccc3Sc3cc(-c4ccncc4)ccc32)CC1. The quantitative estimate of drug-likeness (QED) is 0.311. The van der Waals surface area contributed by atoms with Gasteiger partial charge in [0.2, 0.25) is 0 Å². The van der Waals surface area contributed by atoms with Crippen LogP contribution < -0.4 is 4.90 Å². The standard InChI is InChI=1S/C30H29N3S/c1-22(23-7-3-2-4-8-23)32-19-15-26(16-20-32)33-27-9-5-6-10-29(27)34-30-21-25(11-12-28(30)33)24-13-17-31-18-14-24/h2-14,17-18,21-22,26H,15-16,19-20H2,1H3. The number of pyridine rings is 1. The second-order valence-corrected chi connectivity index (χ2v) is 10.3. The number of aromatic nitrogens is 1. The van der Waals surface area contributed by atoms with Gasteiger partial charge >= 0.3 is 0 Å². The Kier molecular flexibility index (Phi) is 5.86. The van der Waals surface area contributed by atoms with Crippen molar-refractivity contribution >= 4 is 23.1 Å². The normalized spacial score (nSPS) is 17.1. The fourth-order valence-electron chi connectivity index (χ4n) is 5.38. The van der Waals surface area contributed by atoms with E-state index < -0.39 is 0 Å². The molecular weight excluding hydrogens is 434 g/mol. The van der Waals surface area contributed by atoms with Crippen LogP contribution in [0.15, 0.2) is 107 Å². The Morgan fingerprint density at radius 2 is 1.47 bits per heavy atom. The van der Waals surface area contributed by atoms with Crippen LogP contribution in [0.5, 0.6) is 0 Å². The predicted octanol–water partition coefficient (Wildman–Crippen LogP) is 7.58. The van der Waals surface area contributed by atoms with E-state index in [1.807, 2.05) is 24.2 Å². The van der Waals surface area contributed by atoms with Gasteiger partial charge in [-0.1, -0.05) is 60.3 Å². The van der Waals surface area contributed by atoms with E-state index in [2.05, 4.69) is 107 Å². The molecular formula is C30H29N3S. The number of hydrogen-bond acceptors (Lipinski definition) is 4. The maximum absolute atomic E-state index is 4.18. The summed E-state index contributed by atoms with van der Waals surface area (Å²) in [7, 11) is 0. The van der Waals surface area contributed by atoms with Gasteiger partial charge in [-0.15, -0.1) is 0 Å². The van der Waals surface area contributed by atoms with E-state index in [4.69, 9.17) is 0 Å². The minimum atomic E-state index is 0.460. The molecule has 1 unspecified atom stereocenters. The highest BCUT2D eigenvalue weighted by Gasteiger charge is 2.32. The van der Waals surface area contributed by atoms with Crippen LogP contribution in [0, 0.1) is 0 Å². The fraction of sp³-hybridized carbons (Fsp3) is 0.233. The molecule has 4 heteroatoms. The summed E-state index contributed by atoms with van der Waals surface area (Å²) in [5.41, 5.74) is 6.57. The zero-order valence-electron chi connectivity index (χ0n) is 19.5. The van der Waals surface area contributed by atoms with E-state index in [1.165, 1.54) is 50.7 Å². The lowest BCUT2D eigenvalue weighted by Crippen LogP contribution is -2.44. The smallest absolute Gasteiger partial charge is 0.0555 e. The molecule has 0 bridgehead atoms. The molecule has 1 fully saturated rings. The van der Waals surface area contributed by atoms with Gasteiger partial charge in [-0.25, -0.2) is 0 Å². The molecule has 1 aromatic heterocycles. The van der Waals surface area contributed by atoms with Gasteiger partial charge in [-0.3, -0.25) is 9.88 Å². The first-order valence-corrected chi connectivity index (χ1v) is 13.0. The average Bonchev–Trinajstić information content (AvgIpc) is 2.92. The molecule has 1 saturated heterocycles. The van der Waals surface area contributed by atoms with Gasteiger partial charge in [0.1, 0.15) is 0 Å². The fourth-order valence-corrected chi connectivity index (χ4v) is 6.49. The van der Waals surface area contributed by atoms with Crippen molar-refractivity contribution in [1.29, 1.82) is 0 Å². The van der Waals surface area contributed by atoms with Crippen molar-refractivity contribution in [3.8, 4) is 11.1 Å². The number of anilines is 2. The van der Waals surface area contributed by atoms with E-state index in [9.17, 15) is 0 Å². The van der Waals surface area contributed by atoms with Gasteiger partial charge in [0.25, 0.3) is 0 Å². The van der Waals surface area contributed by atoms with Gasteiger partial charge in [-0.2, -0.15) is 0 Å². The minimum Gasteiger partial charge on any atom is -0.336 e. The molecule has 1 atom stereocenters. The Balaban J connectivity index is 1.29. The molecule has 3 heterocycles. The maximum atomic E-state index is 4.18. The zero-order chi connectivity index (χ0) is 22.9. The Bertz CT molecular complexity index is 1270.